The van der Waals surface area contributed by atoms with Gasteiger partial charge in [-0.25, -0.2) is 19.9 Å². The lowest BCUT2D eigenvalue weighted by Gasteiger charge is -2.18. The molecule has 14 heteroatoms. The Hall–Kier alpha value is -3.78. The van der Waals surface area contributed by atoms with E-state index in [9.17, 15) is 23.1 Å². The van der Waals surface area contributed by atoms with Crippen LogP contribution in [0.3, 0.4) is 0 Å². The van der Waals surface area contributed by atoms with E-state index in [0.717, 1.165) is 10.9 Å². The van der Waals surface area contributed by atoms with Gasteiger partial charge in [-0.05, 0) is 12.1 Å². The van der Waals surface area contributed by atoms with Crippen molar-refractivity contribution in [1.82, 2.24) is 34.0 Å². The summed E-state index contributed by atoms with van der Waals surface area (Å²) in [6.07, 6.45) is 0.544. The number of carbonyl (C=O) groups excluding carboxylic acids is 1. The van der Waals surface area contributed by atoms with Crippen molar-refractivity contribution in [1.29, 1.82) is 0 Å². The molecule has 5 heterocycles. The van der Waals surface area contributed by atoms with Crippen LogP contribution in [-0.2, 0) is 6.54 Å². The van der Waals surface area contributed by atoms with Crippen molar-refractivity contribution < 1.29 is 23.1 Å². The third kappa shape index (κ3) is 4.49. The molecule has 5 rings (SSSR count). The van der Waals surface area contributed by atoms with Gasteiger partial charge >= 0.3 is 6.18 Å². The Morgan fingerprint density at radius 2 is 2.00 bits per heavy atom. The van der Waals surface area contributed by atoms with E-state index >= 15 is 0 Å². The second-order valence-electron chi connectivity index (χ2n) is 8.39. The van der Waals surface area contributed by atoms with Gasteiger partial charge in [0.2, 0.25) is 5.91 Å². The molecule has 0 spiro atoms. The molecule has 4 aromatic rings. The predicted molar refractivity (Wildman–Crippen MR) is 120 cm³/mol. The summed E-state index contributed by atoms with van der Waals surface area (Å²) in [5, 5.41) is 14.4. The van der Waals surface area contributed by atoms with Crippen molar-refractivity contribution >= 4 is 33.9 Å². The summed E-state index contributed by atoms with van der Waals surface area (Å²) in [6.45, 7) is 0.738. The first-order valence-corrected chi connectivity index (χ1v) is 10.8. The number of primary amides is 1. The van der Waals surface area contributed by atoms with E-state index in [0.29, 0.717) is 48.6 Å². The van der Waals surface area contributed by atoms with Gasteiger partial charge in [0, 0.05) is 44.0 Å². The minimum atomic E-state index is -4.39. The van der Waals surface area contributed by atoms with Crippen LogP contribution < -0.4 is 11.1 Å². The number of fused-ring (bicyclic) bond motifs is 2. The number of aliphatic hydroxyl groups is 1. The first kappa shape index (κ1) is 23.0. The van der Waals surface area contributed by atoms with Crippen LogP contribution in [0.4, 0.5) is 19.0 Å². The molecule has 1 amide bonds. The topological polar surface area (TPSA) is 140 Å². The largest absolute Gasteiger partial charge is 0.406 e. The minimum Gasteiger partial charge on any atom is -0.390 e. The number of nitrogens with one attached hydrogen (secondary N) is 1. The predicted octanol–water partition coefficient (Wildman–Crippen LogP) is 1.17. The molecule has 0 saturated carbocycles. The maximum Gasteiger partial charge on any atom is 0.406 e. The molecule has 4 aromatic heterocycles. The van der Waals surface area contributed by atoms with Crippen molar-refractivity contribution in [3.63, 3.8) is 0 Å². The number of hydrogen-bond acceptors (Lipinski definition) is 8. The van der Waals surface area contributed by atoms with E-state index in [1.165, 1.54) is 12.5 Å². The monoisotopic (exact) mass is 489 g/mol. The lowest BCUT2D eigenvalue weighted by atomic mass is 10.2. The van der Waals surface area contributed by atoms with Gasteiger partial charge in [-0.2, -0.15) is 13.2 Å². The van der Waals surface area contributed by atoms with Gasteiger partial charge in [-0.15, -0.1) is 0 Å². The highest BCUT2D eigenvalue weighted by atomic mass is 19.4. The number of hydrogen-bond donors (Lipinski definition) is 3. The number of likely N-dealkylation sites (tertiary alicyclic amines) is 1. The first-order valence-electron chi connectivity index (χ1n) is 10.8. The van der Waals surface area contributed by atoms with Crippen molar-refractivity contribution in [2.24, 2.45) is 5.73 Å². The molecule has 1 aliphatic heterocycles. The third-order valence-electron chi connectivity index (χ3n) is 6.04. The summed E-state index contributed by atoms with van der Waals surface area (Å²) < 4.78 is 41.1. The Labute approximate surface area is 196 Å². The normalized spacial score (nSPS) is 19.1. The zero-order chi connectivity index (χ0) is 24.7. The highest BCUT2D eigenvalue weighted by Gasteiger charge is 2.33. The minimum absolute atomic E-state index is 0.0961. The average molecular weight is 489 g/mol. The molecule has 2 atom stereocenters. The van der Waals surface area contributed by atoms with Gasteiger partial charge in [0.1, 0.15) is 24.0 Å². The maximum absolute atomic E-state index is 12.8. The van der Waals surface area contributed by atoms with Crippen LogP contribution in [0.25, 0.3) is 22.2 Å². The van der Waals surface area contributed by atoms with Crippen molar-refractivity contribution in [3.05, 3.63) is 42.7 Å². The molecule has 1 fully saturated rings. The molecule has 4 N–H and O–H groups in total. The van der Waals surface area contributed by atoms with E-state index in [2.05, 4.69) is 25.3 Å². The van der Waals surface area contributed by atoms with Crippen LogP contribution in [0.15, 0.2) is 37.2 Å². The number of amides is 1. The lowest BCUT2D eigenvalue weighted by Crippen LogP contribution is -2.28. The number of aromatic nitrogens is 6. The van der Waals surface area contributed by atoms with Crippen molar-refractivity contribution in [3.8, 4) is 0 Å². The molecule has 1 saturated heterocycles. The highest BCUT2D eigenvalue weighted by molar-refractivity contribution is 6.04. The fourth-order valence-electron chi connectivity index (χ4n) is 4.49. The van der Waals surface area contributed by atoms with Gasteiger partial charge in [0.15, 0.2) is 11.5 Å². The van der Waals surface area contributed by atoms with Crippen LogP contribution in [0.2, 0.25) is 0 Å². The Balaban J connectivity index is 1.25. The van der Waals surface area contributed by atoms with Crippen LogP contribution in [0.5, 0.6) is 0 Å². The second-order valence-corrected chi connectivity index (χ2v) is 8.39. The summed E-state index contributed by atoms with van der Waals surface area (Å²) >= 11 is 0. The number of halogens is 3. The lowest BCUT2D eigenvalue weighted by molar-refractivity contribution is -0.140. The molecule has 184 valence electrons. The summed E-state index contributed by atoms with van der Waals surface area (Å²) in [4.78, 5) is 30.2. The van der Waals surface area contributed by atoms with Crippen molar-refractivity contribution in [2.45, 2.75) is 24.9 Å². The average Bonchev–Trinajstić information content (AvgIpc) is 3.50. The van der Waals surface area contributed by atoms with Gasteiger partial charge in [0.25, 0.3) is 0 Å². The van der Waals surface area contributed by atoms with E-state index < -0.39 is 24.7 Å². The van der Waals surface area contributed by atoms with Gasteiger partial charge in [-0.1, -0.05) is 0 Å². The summed E-state index contributed by atoms with van der Waals surface area (Å²) in [5.74, 6) is -0.205. The van der Waals surface area contributed by atoms with Crippen LogP contribution >= 0.6 is 0 Å². The van der Waals surface area contributed by atoms with Crippen LogP contribution in [0, 0.1) is 0 Å². The van der Waals surface area contributed by atoms with Gasteiger partial charge in [-0.3, -0.25) is 9.69 Å². The maximum atomic E-state index is 12.8. The third-order valence-corrected chi connectivity index (χ3v) is 6.04. The smallest absolute Gasteiger partial charge is 0.390 e. The van der Waals surface area contributed by atoms with E-state index in [4.69, 9.17) is 5.73 Å². The molecule has 0 bridgehead atoms. The number of aliphatic hydroxyl groups excluding tert-OH is 1. The molecular formula is C21H22F3N9O2. The molecule has 0 aromatic carbocycles. The molecular weight excluding hydrogens is 467 g/mol. The van der Waals surface area contributed by atoms with Gasteiger partial charge < -0.3 is 25.3 Å². The fraction of sp³-hybridized carbons (Fsp3) is 0.381. The Morgan fingerprint density at radius 1 is 1.17 bits per heavy atom. The summed E-state index contributed by atoms with van der Waals surface area (Å²) in [5.41, 5.74) is 6.75. The fourth-order valence-corrected chi connectivity index (χ4v) is 4.49. The number of alkyl halides is 3. The quantitative estimate of drug-likeness (QED) is 0.352. The Morgan fingerprint density at radius 3 is 2.77 bits per heavy atom. The van der Waals surface area contributed by atoms with Crippen LogP contribution in [0.1, 0.15) is 16.4 Å². The molecule has 0 unspecified atom stereocenters. The number of anilines is 1. The zero-order valence-electron chi connectivity index (χ0n) is 18.4. The number of carbonyl (C=O) groups is 1. The van der Waals surface area contributed by atoms with E-state index in [-0.39, 0.29) is 17.2 Å². The standard InChI is InChI=1S/C21H22F3N9O2/c22-21(23,24)9-32-11-30-16-18(28-10-29-20(16)32)26-4-6-31-7-14(15(34)8-31)33-5-2-13-12(17(25)35)1-3-27-19(13)33/h1-3,5,10-11,14-15,34H,4,6-9H2,(H2,25,35)(H,26,28,29)/t14-,15-/m1/s1. The first-order chi connectivity index (χ1) is 16.7. The Bertz CT molecular complexity index is 1380. The highest BCUT2D eigenvalue weighted by Crippen LogP contribution is 2.28. The van der Waals surface area contributed by atoms with Crippen LogP contribution in [-0.4, -0.2) is 83.4 Å². The van der Waals surface area contributed by atoms with E-state index in [1.54, 1.807) is 18.3 Å². The zero-order valence-corrected chi connectivity index (χ0v) is 18.4. The SMILES string of the molecule is NC(=O)c1ccnc2c1ccn2[C@@H]1CN(CCNc2ncnc3c2ncn3CC(F)(F)F)C[C@H]1O. The van der Waals surface area contributed by atoms with E-state index in [1.807, 2.05) is 9.47 Å². The Kier molecular flexibility index (Phi) is 5.76. The summed E-state index contributed by atoms with van der Waals surface area (Å²) in [7, 11) is 0. The number of pyridine rings is 1. The number of imidazole rings is 1. The molecule has 0 radical (unpaired) electrons. The number of nitrogens with zero attached hydrogens (tertiary/aromatic N) is 7. The summed E-state index contributed by atoms with van der Waals surface area (Å²) in [6, 6.07) is 3.05. The second kappa shape index (κ2) is 8.78. The van der Waals surface area contributed by atoms with Crippen molar-refractivity contribution in [2.75, 3.05) is 31.5 Å². The molecule has 11 nitrogen and oxygen atoms in total. The number of nitrogens with two attached hydrogens (primary N) is 1. The molecule has 35 heavy (non-hydrogen) atoms. The van der Waals surface area contributed by atoms with Gasteiger partial charge in [0.05, 0.1) is 24.0 Å². The molecule has 1 aliphatic rings. The number of β-amino-alcohol motifs (C(OH)–C–C–N with tert-alkyl or cyclic N) is 1. The number of rotatable bonds is 7. The molecule has 0 aliphatic carbocycles.